The van der Waals surface area contributed by atoms with Gasteiger partial charge in [0.05, 0.1) is 4.90 Å². The van der Waals surface area contributed by atoms with Crippen LogP contribution >= 0.6 is 0 Å². The molecule has 0 saturated carbocycles. The Bertz CT molecular complexity index is 553. The van der Waals surface area contributed by atoms with Crippen LogP contribution < -0.4 is 5.73 Å². The third-order valence-electron chi connectivity index (χ3n) is 3.68. The van der Waals surface area contributed by atoms with Gasteiger partial charge in [0, 0.05) is 19.6 Å². The summed E-state index contributed by atoms with van der Waals surface area (Å²) in [6.45, 7) is 2.34. The minimum absolute atomic E-state index is 0.0117. The second kappa shape index (κ2) is 5.61. The van der Waals surface area contributed by atoms with E-state index in [1.165, 1.54) is 15.4 Å². The van der Waals surface area contributed by atoms with Gasteiger partial charge < -0.3 is 5.73 Å². The molecule has 0 aromatic heterocycles. The highest BCUT2D eigenvalue weighted by Gasteiger charge is 2.22. The van der Waals surface area contributed by atoms with Crippen molar-refractivity contribution in [2.24, 2.45) is 5.73 Å². The minimum atomic E-state index is -3.38. The van der Waals surface area contributed by atoms with Crippen LogP contribution in [-0.2, 0) is 22.9 Å². The number of rotatable bonds is 5. The van der Waals surface area contributed by atoms with Crippen molar-refractivity contribution in [3.05, 3.63) is 29.3 Å². The van der Waals surface area contributed by atoms with Crippen molar-refractivity contribution in [3.63, 3.8) is 0 Å². The topological polar surface area (TPSA) is 63.4 Å². The molecule has 2 N–H and O–H groups in total. The zero-order chi connectivity index (χ0) is 14.0. The zero-order valence-electron chi connectivity index (χ0n) is 11.6. The van der Waals surface area contributed by atoms with Crippen molar-refractivity contribution in [2.75, 3.05) is 13.6 Å². The van der Waals surface area contributed by atoms with Crippen molar-refractivity contribution in [1.29, 1.82) is 0 Å². The molecule has 106 valence electrons. The van der Waals surface area contributed by atoms with Gasteiger partial charge in [0.2, 0.25) is 10.0 Å². The standard InChI is InChI=1S/C14H22N2O2S/c1-11(15)8-9-16(2)19(17,18)14-7-6-12-4-3-5-13(12)10-14/h6-7,10-11H,3-5,8-9,15H2,1-2H3. The highest BCUT2D eigenvalue weighted by atomic mass is 32.2. The van der Waals surface area contributed by atoms with Crippen molar-refractivity contribution in [1.82, 2.24) is 4.31 Å². The predicted molar refractivity (Wildman–Crippen MR) is 76.5 cm³/mol. The molecule has 1 atom stereocenters. The normalized spacial score (nSPS) is 16.6. The van der Waals surface area contributed by atoms with Crippen molar-refractivity contribution in [2.45, 2.75) is 43.5 Å². The van der Waals surface area contributed by atoms with E-state index in [1.807, 2.05) is 19.1 Å². The maximum atomic E-state index is 12.4. The van der Waals surface area contributed by atoms with Gasteiger partial charge in [-0.2, -0.15) is 0 Å². The summed E-state index contributed by atoms with van der Waals surface area (Å²) in [7, 11) is -1.76. The van der Waals surface area contributed by atoms with E-state index in [1.54, 1.807) is 13.1 Å². The molecule has 0 saturated heterocycles. The number of nitrogens with zero attached hydrogens (tertiary/aromatic N) is 1. The van der Waals surface area contributed by atoms with Crippen LogP contribution in [0.25, 0.3) is 0 Å². The maximum Gasteiger partial charge on any atom is 0.242 e. The number of hydrogen-bond donors (Lipinski definition) is 1. The molecule has 0 bridgehead atoms. The fraction of sp³-hybridized carbons (Fsp3) is 0.571. The van der Waals surface area contributed by atoms with Crippen molar-refractivity contribution >= 4 is 10.0 Å². The lowest BCUT2D eigenvalue weighted by molar-refractivity contribution is 0.446. The fourth-order valence-corrected chi connectivity index (χ4v) is 3.63. The Labute approximate surface area is 115 Å². The minimum Gasteiger partial charge on any atom is -0.328 e. The largest absolute Gasteiger partial charge is 0.328 e. The van der Waals surface area contributed by atoms with Crippen LogP contribution in [0.4, 0.5) is 0 Å². The molecule has 5 heteroatoms. The Morgan fingerprint density at radius 1 is 1.32 bits per heavy atom. The molecule has 4 nitrogen and oxygen atoms in total. The van der Waals surface area contributed by atoms with Crippen molar-refractivity contribution < 1.29 is 8.42 Å². The molecule has 0 radical (unpaired) electrons. The first-order chi connectivity index (χ1) is 8.91. The Hall–Kier alpha value is -0.910. The molecular formula is C14H22N2O2S. The number of nitrogens with two attached hydrogens (primary N) is 1. The molecule has 0 spiro atoms. The molecule has 1 aliphatic rings. The van der Waals surface area contributed by atoms with E-state index < -0.39 is 10.0 Å². The molecule has 0 amide bonds. The van der Waals surface area contributed by atoms with Gasteiger partial charge in [0.15, 0.2) is 0 Å². The molecule has 2 rings (SSSR count). The third kappa shape index (κ3) is 3.16. The monoisotopic (exact) mass is 282 g/mol. The van der Waals surface area contributed by atoms with Gasteiger partial charge >= 0.3 is 0 Å². The summed E-state index contributed by atoms with van der Waals surface area (Å²) in [5, 5.41) is 0. The van der Waals surface area contributed by atoms with Gasteiger partial charge in [0.25, 0.3) is 0 Å². The van der Waals surface area contributed by atoms with Crippen LogP contribution in [0.15, 0.2) is 23.1 Å². The molecule has 0 fully saturated rings. The Kier molecular flexibility index (Phi) is 4.28. The summed E-state index contributed by atoms with van der Waals surface area (Å²) in [5.74, 6) is 0. The van der Waals surface area contributed by atoms with E-state index in [0.29, 0.717) is 17.9 Å². The van der Waals surface area contributed by atoms with E-state index in [4.69, 9.17) is 5.73 Å². The van der Waals surface area contributed by atoms with Gasteiger partial charge in [-0.25, -0.2) is 12.7 Å². The number of benzene rings is 1. The van der Waals surface area contributed by atoms with Crippen LogP contribution in [0.3, 0.4) is 0 Å². The Morgan fingerprint density at radius 3 is 2.68 bits per heavy atom. The maximum absolute atomic E-state index is 12.4. The second-order valence-corrected chi connectivity index (χ2v) is 7.42. The van der Waals surface area contributed by atoms with Gasteiger partial charge in [-0.1, -0.05) is 6.07 Å². The second-order valence-electron chi connectivity index (χ2n) is 5.38. The molecule has 0 aliphatic heterocycles. The highest BCUT2D eigenvalue weighted by molar-refractivity contribution is 7.89. The Balaban J connectivity index is 2.19. The Morgan fingerprint density at radius 2 is 2.00 bits per heavy atom. The number of fused-ring (bicyclic) bond motifs is 1. The summed E-state index contributed by atoms with van der Waals surface area (Å²) in [5.41, 5.74) is 8.15. The van der Waals surface area contributed by atoms with Crippen molar-refractivity contribution in [3.8, 4) is 0 Å². The molecule has 1 aromatic rings. The van der Waals surface area contributed by atoms with E-state index in [9.17, 15) is 8.42 Å². The van der Waals surface area contributed by atoms with Gasteiger partial charge in [-0.3, -0.25) is 0 Å². The lowest BCUT2D eigenvalue weighted by Crippen LogP contribution is -2.31. The SMILES string of the molecule is CC(N)CCN(C)S(=O)(=O)c1ccc2c(c1)CCC2. The zero-order valence-corrected chi connectivity index (χ0v) is 12.4. The smallest absolute Gasteiger partial charge is 0.242 e. The fourth-order valence-electron chi connectivity index (χ4n) is 2.39. The average molecular weight is 282 g/mol. The number of hydrogen-bond acceptors (Lipinski definition) is 3. The van der Waals surface area contributed by atoms with Gasteiger partial charge in [0.1, 0.15) is 0 Å². The first-order valence-electron chi connectivity index (χ1n) is 6.75. The van der Waals surface area contributed by atoms with Gasteiger partial charge in [-0.05, 0) is 55.9 Å². The van der Waals surface area contributed by atoms with Gasteiger partial charge in [-0.15, -0.1) is 0 Å². The molecule has 1 unspecified atom stereocenters. The molecule has 1 aliphatic carbocycles. The van der Waals surface area contributed by atoms with Crippen LogP contribution in [0.1, 0.15) is 30.9 Å². The van der Waals surface area contributed by atoms with E-state index >= 15 is 0 Å². The van der Waals surface area contributed by atoms with Crippen LogP contribution in [0, 0.1) is 0 Å². The third-order valence-corrected chi connectivity index (χ3v) is 5.53. The number of sulfonamides is 1. The summed E-state index contributed by atoms with van der Waals surface area (Å²) >= 11 is 0. The quantitative estimate of drug-likeness (QED) is 0.891. The van der Waals surface area contributed by atoms with Crippen LogP contribution in [0.2, 0.25) is 0 Å². The molecule has 19 heavy (non-hydrogen) atoms. The highest BCUT2D eigenvalue weighted by Crippen LogP contribution is 2.25. The lowest BCUT2D eigenvalue weighted by Gasteiger charge is -2.18. The number of aryl methyl sites for hydroxylation is 2. The van der Waals surface area contributed by atoms with Crippen LogP contribution in [-0.4, -0.2) is 32.4 Å². The molecular weight excluding hydrogens is 260 g/mol. The predicted octanol–water partition coefficient (Wildman–Crippen LogP) is 1.53. The van der Waals surface area contributed by atoms with Crippen LogP contribution in [0.5, 0.6) is 0 Å². The van der Waals surface area contributed by atoms with E-state index in [2.05, 4.69) is 0 Å². The summed E-state index contributed by atoms with van der Waals surface area (Å²) < 4.78 is 26.3. The lowest BCUT2D eigenvalue weighted by atomic mass is 10.1. The average Bonchev–Trinajstić information content (AvgIpc) is 2.82. The van der Waals surface area contributed by atoms with E-state index in [0.717, 1.165) is 19.3 Å². The molecule has 0 heterocycles. The summed E-state index contributed by atoms with van der Waals surface area (Å²) in [6, 6.07) is 5.52. The summed E-state index contributed by atoms with van der Waals surface area (Å²) in [4.78, 5) is 0.403. The first-order valence-corrected chi connectivity index (χ1v) is 8.19. The summed E-state index contributed by atoms with van der Waals surface area (Å²) in [6.07, 6.45) is 3.85. The first kappa shape index (κ1) is 14.5. The molecule has 1 aromatic carbocycles. The van der Waals surface area contributed by atoms with E-state index in [-0.39, 0.29) is 6.04 Å².